The molecule has 0 saturated heterocycles. The molecule has 7 heteroatoms. The number of sulfonamides is 1. The quantitative estimate of drug-likeness (QED) is 0.608. The molecule has 0 fully saturated rings. The summed E-state index contributed by atoms with van der Waals surface area (Å²) >= 11 is 0. The Labute approximate surface area is 120 Å². The van der Waals surface area contributed by atoms with Crippen molar-refractivity contribution in [2.24, 2.45) is 10.6 Å². The summed E-state index contributed by atoms with van der Waals surface area (Å²) in [4.78, 5) is -0.118. The van der Waals surface area contributed by atoms with E-state index < -0.39 is 16.1 Å². The smallest absolute Gasteiger partial charge is 0.240 e. The standard InChI is InChI=1S/C13H23N3O3S/c1-13(2,3)7-9(17)8-16-10-5-4-6-11(12(10)14)20(15,18)19/h4-6,9,16-17H,7-8,14H2,1-3H3,(H2,15,18,19). The highest BCUT2D eigenvalue weighted by atomic mass is 32.2. The normalized spacial score (nSPS) is 14.1. The van der Waals surface area contributed by atoms with Gasteiger partial charge in [0, 0.05) is 6.54 Å². The monoisotopic (exact) mass is 301 g/mol. The number of para-hydroxylation sites is 1. The van der Waals surface area contributed by atoms with Crippen molar-refractivity contribution in [2.75, 3.05) is 17.6 Å². The molecule has 0 aliphatic carbocycles. The molecule has 1 aromatic carbocycles. The fraction of sp³-hybridized carbons (Fsp3) is 0.538. The Morgan fingerprint density at radius 2 is 1.95 bits per heavy atom. The van der Waals surface area contributed by atoms with Gasteiger partial charge in [0.1, 0.15) is 4.90 Å². The predicted octanol–water partition coefficient (Wildman–Crippen LogP) is 1.13. The van der Waals surface area contributed by atoms with Crippen LogP contribution >= 0.6 is 0 Å². The van der Waals surface area contributed by atoms with Gasteiger partial charge in [0.15, 0.2) is 0 Å². The van der Waals surface area contributed by atoms with Crippen LogP contribution in [0.25, 0.3) is 0 Å². The molecule has 0 heterocycles. The van der Waals surface area contributed by atoms with Crippen molar-refractivity contribution in [1.29, 1.82) is 0 Å². The minimum atomic E-state index is -3.85. The van der Waals surface area contributed by atoms with Crippen LogP contribution in [0.4, 0.5) is 11.4 Å². The number of rotatable bonds is 5. The van der Waals surface area contributed by atoms with Crippen LogP contribution in [0.1, 0.15) is 27.2 Å². The van der Waals surface area contributed by atoms with Gasteiger partial charge in [0.05, 0.1) is 17.5 Å². The lowest BCUT2D eigenvalue weighted by atomic mass is 9.89. The van der Waals surface area contributed by atoms with E-state index in [1.807, 2.05) is 20.8 Å². The number of aliphatic hydroxyl groups is 1. The van der Waals surface area contributed by atoms with Gasteiger partial charge >= 0.3 is 0 Å². The van der Waals surface area contributed by atoms with Gasteiger partial charge in [-0.2, -0.15) is 0 Å². The topological polar surface area (TPSA) is 118 Å². The number of hydrogen-bond donors (Lipinski definition) is 4. The average Bonchev–Trinajstić information content (AvgIpc) is 2.23. The molecule has 0 aliphatic heterocycles. The van der Waals surface area contributed by atoms with Crippen LogP contribution in [0, 0.1) is 5.41 Å². The third kappa shape index (κ3) is 4.99. The molecule has 0 aromatic heterocycles. The molecular formula is C13H23N3O3S. The Balaban J connectivity index is 2.80. The zero-order valence-electron chi connectivity index (χ0n) is 12.1. The van der Waals surface area contributed by atoms with Gasteiger partial charge in [-0.15, -0.1) is 0 Å². The molecule has 1 aromatic rings. The van der Waals surface area contributed by atoms with Gasteiger partial charge < -0.3 is 16.2 Å². The lowest BCUT2D eigenvalue weighted by Gasteiger charge is -2.23. The van der Waals surface area contributed by atoms with E-state index in [1.165, 1.54) is 6.07 Å². The van der Waals surface area contributed by atoms with Crippen LogP contribution in [-0.2, 0) is 10.0 Å². The van der Waals surface area contributed by atoms with Crippen molar-refractivity contribution in [2.45, 2.75) is 38.2 Å². The van der Waals surface area contributed by atoms with E-state index >= 15 is 0 Å². The molecule has 1 atom stereocenters. The maximum Gasteiger partial charge on any atom is 0.240 e. The number of aliphatic hydroxyl groups excluding tert-OH is 1. The number of hydrogen-bond acceptors (Lipinski definition) is 5. The van der Waals surface area contributed by atoms with E-state index in [-0.39, 0.29) is 22.5 Å². The average molecular weight is 301 g/mol. The number of anilines is 2. The summed E-state index contributed by atoms with van der Waals surface area (Å²) in [5, 5.41) is 18.0. The van der Waals surface area contributed by atoms with Crippen LogP contribution in [-0.4, -0.2) is 26.2 Å². The molecule has 6 N–H and O–H groups in total. The minimum absolute atomic E-state index is 0.00902. The molecule has 0 saturated carbocycles. The summed E-state index contributed by atoms with van der Waals surface area (Å²) in [6, 6.07) is 4.55. The Morgan fingerprint density at radius 1 is 1.35 bits per heavy atom. The second-order valence-corrected chi connectivity index (χ2v) is 7.59. The SMILES string of the molecule is CC(C)(C)CC(O)CNc1cccc(S(N)(=O)=O)c1N. The van der Waals surface area contributed by atoms with Crippen LogP contribution < -0.4 is 16.2 Å². The number of nitrogen functional groups attached to an aromatic ring is 1. The molecule has 114 valence electrons. The van der Waals surface area contributed by atoms with Crippen molar-refractivity contribution in [3.05, 3.63) is 18.2 Å². The van der Waals surface area contributed by atoms with Crippen molar-refractivity contribution in [3.63, 3.8) is 0 Å². The Morgan fingerprint density at radius 3 is 2.45 bits per heavy atom. The predicted molar refractivity (Wildman–Crippen MR) is 80.8 cm³/mol. The summed E-state index contributed by atoms with van der Waals surface area (Å²) in [7, 11) is -3.85. The first kappa shape index (κ1) is 16.7. The Kier molecular flexibility index (Phi) is 5.01. The van der Waals surface area contributed by atoms with Crippen molar-refractivity contribution in [1.82, 2.24) is 0 Å². The molecular weight excluding hydrogens is 278 g/mol. The van der Waals surface area contributed by atoms with E-state index in [2.05, 4.69) is 5.32 Å². The fourth-order valence-corrected chi connectivity index (χ4v) is 2.64. The number of nitrogens with two attached hydrogens (primary N) is 2. The summed E-state index contributed by atoms with van der Waals surface area (Å²) < 4.78 is 22.7. The number of primary sulfonamides is 1. The third-order valence-electron chi connectivity index (χ3n) is 2.75. The van der Waals surface area contributed by atoms with Crippen LogP contribution in [0.5, 0.6) is 0 Å². The van der Waals surface area contributed by atoms with Gasteiger partial charge in [-0.3, -0.25) is 0 Å². The number of benzene rings is 1. The highest BCUT2D eigenvalue weighted by molar-refractivity contribution is 7.89. The summed E-state index contributed by atoms with van der Waals surface area (Å²) in [5.74, 6) is 0. The van der Waals surface area contributed by atoms with E-state index in [0.29, 0.717) is 12.1 Å². The van der Waals surface area contributed by atoms with E-state index in [4.69, 9.17) is 10.9 Å². The van der Waals surface area contributed by atoms with Crippen LogP contribution in [0.2, 0.25) is 0 Å². The van der Waals surface area contributed by atoms with Gasteiger partial charge in [0.2, 0.25) is 10.0 Å². The van der Waals surface area contributed by atoms with Crippen molar-refractivity contribution in [3.8, 4) is 0 Å². The fourth-order valence-electron chi connectivity index (χ4n) is 1.95. The van der Waals surface area contributed by atoms with Gasteiger partial charge in [-0.05, 0) is 24.0 Å². The van der Waals surface area contributed by atoms with E-state index in [1.54, 1.807) is 12.1 Å². The van der Waals surface area contributed by atoms with Gasteiger partial charge in [0.25, 0.3) is 0 Å². The van der Waals surface area contributed by atoms with Crippen molar-refractivity contribution < 1.29 is 13.5 Å². The first-order valence-electron chi connectivity index (χ1n) is 6.34. The third-order valence-corrected chi connectivity index (χ3v) is 3.72. The van der Waals surface area contributed by atoms with Gasteiger partial charge in [-0.1, -0.05) is 26.8 Å². The highest BCUT2D eigenvalue weighted by Gasteiger charge is 2.18. The summed E-state index contributed by atoms with van der Waals surface area (Å²) in [5.41, 5.74) is 6.30. The lowest BCUT2D eigenvalue weighted by Crippen LogP contribution is -2.25. The van der Waals surface area contributed by atoms with E-state index in [0.717, 1.165) is 0 Å². The highest BCUT2D eigenvalue weighted by Crippen LogP contribution is 2.26. The molecule has 0 spiro atoms. The van der Waals surface area contributed by atoms with E-state index in [9.17, 15) is 13.5 Å². The summed E-state index contributed by atoms with van der Waals surface area (Å²) in [6.07, 6.45) is 0.0713. The molecule has 6 nitrogen and oxygen atoms in total. The molecule has 0 bridgehead atoms. The first-order chi connectivity index (χ1) is 9.00. The maximum absolute atomic E-state index is 11.4. The van der Waals surface area contributed by atoms with Crippen LogP contribution in [0.3, 0.4) is 0 Å². The maximum atomic E-state index is 11.4. The summed E-state index contributed by atoms with van der Waals surface area (Å²) in [6.45, 7) is 6.39. The second kappa shape index (κ2) is 5.99. The molecule has 0 amide bonds. The zero-order chi connectivity index (χ0) is 15.6. The lowest BCUT2D eigenvalue weighted by molar-refractivity contribution is 0.132. The molecule has 0 radical (unpaired) electrons. The minimum Gasteiger partial charge on any atom is -0.396 e. The Bertz CT molecular complexity index is 565. The molecule has 1 rings (SSSR count). The first-order valence-corrected chi connectivity index (χ1v) is 7.88. The molecule has 0 aliphatic rings. The largest absolute Gasteiger partial charge is 0.396 e. The van der Waals surface area contributed by atoms with Crippen molar-refractivity contribution >= 4 is 21.4 Å². The molecule has 1 unspecified atom stereocenters. The zero-order valence-corrected chi connectivity index (χ0v) is 12.9. The second-order valence-electron chi connectivity index (χ2n) is 6.06. The van der Waals surface area contributed by atoms with Crippen LogP contribution in [0.15, 0.2) is 23.1 Å². The Hall–Kier alpha value is -1.31. The van der Waals surface area contributed by atoms with Gasteiger partial charge in [-0.25, -0.2) is 13.6 Å². The number of nitrogens with one attached hydrogen (secondary N) is 1. The molecule has 20 heavy (non-hydrogen) atoms.